The van der Waals surface area contributed by atoms with Crippen molar-refractivity contribution < 1.29 is 9.47 Å². The van der Waals surface area contributed by atoms with E-state index >= 15 is 0 Å². The van der Waals surface area contributed by atoms with E-state index in [1.165, 1.54) is 29.5 Å². The summed E-state index contributed by atoms with van der Waals surface area (Å²) >= 11 is 0. The molecular formula is C21H26N2O3. The summed E-state index contributed by atoms with van der Waals surface area (Å²) in [5, 5.41) is 0. The number of pyridine rings is 1. The SMILES string of the molecule is Cc1cc2c(cc1CN1CCC(Cc3ccc(=O)[nH]c3)CC1)OCCO2. The molecule has 3 heterocycles. The second-order valence-electron chi connectivity index (χ2n) is 7.41. The predicted molar refractivity (Wildman–Crippen MR) is 101 cm³/mol. The minimum Gasteiger partial charge on any atom is -0.486 e. The third kappa shape index (κ3) is 3.93. The maximum Gasteiger partial charge on any atom is 0.247 e. The van der Waals surface area contributed by atoms with Crippen LogP contribution in [0.15, 0.2) is 35.3 Å². The first-order valence-corrected chi connectivity index (χ1v) is 9.46. The first-order valence-electron chi connectivity index (χ1n) is 9.46. The zero-order valence-electron chi connectivity index (χ0n) is 15.3. The van der Waals surface area contributed by atoms with Gasteiger partial charge in [0.05, 0.1) is 0 Å². The first-order chi connectivity index (χ1) is 12.7. The van der Waals surface area contributed by atoms with Crippen LogP contribution in [0.3, 0.4) is 0 Å². The van der Waals surface area contributed by atoms with Crippen molar-refractivity contribution in [2.45, 2.75) is 32.7 Å². The molecule has 1 aromatic carbocycles. The summed E-state index contributed by atoms with van der Waals surface area (Å²) in [6.45, 7) is 6.61. The van der Waals surface area contributed by atoms with Crippen LogP contribution in [-0.2, 0) is 13.0 Å². The number of nitrogens with one attached hydrogen (secondary N) is 1. The lowest BCUT2D eigenvalue weighted by molar-refractivity contribution is 0.167. The van der Waals surface area contributed by atoms with Gasteiger partial charge in [-0.25, -0.2) is 0 Å². The molecule has 0 spiro atoms. The molecule has 26 heavy (non-hydrogen) atoms. The van der Waals surface area contributed by atoms with E-state index in [1.54, 1.807) is 6.07 Å². The first kappa shape index (κ1) is 17.2. The van der Waals surface area contributed by atoms with Crippen LogP contribution in [0.4, 0.5) is 0 Å². The van der Waals surface area contributed by atoms with Gasteiger partial charge in [0.25, 0.3) is 0 Å². The van der Waals surface area contributed by atoms with Gasteiger partial charge in [-0.05, 0) is 74.0 Å². The summed E-state index contributed by atoms with van der Waals surface area (Å²) < 4.78 is 11.4. The maximum absolute atomic E-state index is 11.2. The Hall–Kier alpha value is -2.27. The zero-order chi connectivity index (χ0) is 17.9. The average Bonchev–Trinajstić information content (AvgIpc) is 2.66. The average molecular weight is 354 g/mol. The van der Waals surface area contributed by atoms with Crippen LogP contribution in [0, 0.1) is 12.8 Å². The number of aromatic nitrogens is 1. The number of benzene rings is 1. The molecule has 0 unspecified atom stereocenters. The lowest BCUT2D eigenvalue weighted by atomic mass is 9.90. The number of aryl methyl sites for hydroxylation is 1. The van der Waals surface area contributed by atoms with Crippen LogP contribution < -0.4 is 15.0 Å². The van der Waals surface area contributed by atoms with Gasteiger partial charge in [-0.3, -0.25) is 9.69 Å². The molecule has 138 valence electrons. The summed E-state index contributed by atoms with van der Waals surface area (Å²) in [7, 11) is 0. The number of ether oxygens (including phenoxy) is 2. The molecule has 0 saturated carbocycles. The number of rotatable bonds is 4. The highest BCUT2D eigenvalue weighted by Gasteiger charge is 2.21. The van der Waals surface area contributed by atoms with Crippen LogP contribution in [0.2, 0.25) is 0 Å². The molecule has 1 N–H and O–H groups in total. The van der Waals surface area contributed by atoms with Crippen LogP contribution in [0.5, 0.6) is 11.5 Å². The van der Waals surface area contributed by atoms with Gasteiger partial charge in [0.2, 0.25) is 5.56 Å². The van der Waals surface area contributed by atoms with Crippen molar-refractivity contribution in [3.8, 4) is 11.5 Å². The number of nitrogens with zero attached hydrogens (tertiary/aromatic N) is 1. The van der Waals surface area contributed by atoms with Gasteiger partial charge in [-0.15, -0.1) is 0 Å². The molecule has 2 aliphatic heterocycles. The summed E-state index contributed by atoms with van der Waals surface area (Å²) in [5.74, 6) is 2.44. The number of piperidine rings is 1. The Morgan fingerprint density at radius 3 is 2.54 bits per heavy atom. The largest absolute Gasteiger partial charge is 0.486 e. The van der Waals surface area contributed by atoms with Crippen LogP contribution in [-0.4, -0.2) is 36.2 Å². The quantitative estimate of drug-likeness (QED) is 0.917. The Kier molecular flexibility index (Phi) is 4.98. The number of likely N-dealkylation sites (tertiary alicyclic amines) is 1. The number of fused-ring (bicyclic) bond motifs is 1. The maximum atomic E-state index is 11.2. The monoisotopic (exact) mass is 354 g/mol. The molecule has 0 amide bonds. The fourth-order valence-corrected chi connectivity index (χ4v) is 3.90. The molecule has 1 saturated heterocycles. The van der Waals surface area contributed by atoms with Crippen molar-refractivity contribution in [1.82, 2.24) is 9.88 Å². The summed E-state index contributed by atoms with van der Waals surface area (Å²) in [6, 6.07) is 7.82. The summed E-state index contributed by atoms with van der Waals surface area (Å²) in [5.41, 5.74) is 3.79. The number of H-pyrrole nitrogens is 1. The molecule has 2 aliphatic rings. The molecular weight excluding hydrogens is 328 g/mol. The molecule has 4 rings (SSSR count). The van der Waals surface area contributed by atoms with Crippen molar-refractivity contribution in [2.75, 3.05) is 26.3 Å². The van der Waals surface area contributed by atoms with Gasteiger partial charge in [-0.2, -0.15) is 0 Å². The smallest absolute Gasteiger partial charge is 0.247 e. The summed E-state index contributed by atoms with van der Waals surface area (Å²) in [6.07, 6.45) is 5.30. The van der Waals surface area contributed by atoms with E-state index in [2.05, 4.69) is 28.9 Å². The van der Waals surface area contributed by atoms with Crippen molar-refractivity contribution in [3.05, 3.63) is 57.5 Å². The van der Waals surface area contributed by atoms with Crippen molar-refractivity contribution in [2.24, 2.45) is 5.92 Å². The minimum atomic E-state index is -0.0293. The molecule has 0 radical (unpaired) electrons. The van der Waals surface area contributed by atoms with Crippen molar-refractivity contribution in [3.63, 3.8) is 0 Å². The van der Waals surface area contributed by atoms with Crippen molar-refractivity contribution >= 4 is 0 Å². The third-order valence-electron chi connectivity index (χ3n) is 5.47. The Balaban J connectivity index is 1.34. The standard InChI is InChI=1S/C21H26N2O3/c1-15-10-19-20(26-9-8-25-19)12-18(15)14-23-6-4-16(5-7-23)11-17-2-3-21(24)22-13-17/h2-3,10,12-13,16H,4-9,11,14H2,1H3,(H,22,24). The molecule has 1 aromatic heterocycles. The van der Waals surface area contributed by atoms with Gasteiger partial charge in [-0.1, -0.05) is 6.07 Å². The summed E-state index contributed by atoms with van der Waals surface area (Å²) in [4.78, 5) is 16.5. The van der Waals surface area contributed by atoms with E-state index in [9.17, 15) is 4.79 Å². The molecule has 2 aromatic rings. The number of aromatic amines is 1. The third-order valence-corrected chi connectivity index (χ3v) is 5.47. The van der Waals surface area contributed by atoms with Gasteiger partial charge in [0.1, 0.15) is 13.2 Å². The van der Waals surface area contributed by atoms with Crippen LogP contribution >= 0.6 is 0 Å². The molecule has 0 bridgehead atoms. The van der Waals surface area contributed by atoms with Crippen LogP contribution in [0.1, 0.15) is 29.5 Å². The molecule has 0 aliphatic carbocycles. The fraction of sp³-hybridized carbons (Fsp3) is 0.476. The lowest BCUT2D eigenvalue weighted by Crippen LogP contribution is -2.34. The predicted octanol–water partition coefficient (Wildman–Crippen LogP) is 2.91. The number of hydrogen-bond acceptors (Lipinski definition) is 4. The topological polar surface area (TPSA) is 54.6 Å². The fourth-order valence-electron chi connectivity index (χ4n) is 3.90. The van der Waals surface area contributed by atoms with E-state index in [4.69, 9.17) is 9.47 Å². The van der Waals surface area contributed by atoms with Crippen molar-refractivity contribution in [1.29, 1.82) is 0 Å². The second kappa shape index (κ2) is 7.54. The van der Waals surface area contributed by atoms with E-state index in [-0.39, 0.29) is 5.56 Å². The van der Waals surface area contributed by atoms with E-state index < -0.39 is 0 Å². The second-order valence-corrected chi connectivity index (χ2v) is 7.41. The molecule has 1 fully saturated rings. The van der Waals surface area contributed by atoms with E-state index in [1.807, 2.05) is 12.3 Å². The van der Waals surface area contributed by atoms with Gasteiger partial charge < -0.3 is 14.5 Å². The Morgan fingerprint density at radius 2 is 1.85 bits per heavy atom. The minimum absolute atomic E-state index is 0.0293. The molecule has 5 nitrogen and oxygen atoms in total. The van der Waals surface area contributed by atoms with E-state index in [0.717, 1.165) is 37.6 Å². The lowest BCUT2D eigenvalue weighted by Gasteiger charge is -2.32. The van der Waals surface area contributed by atoms with E-state index in [0.29, 0.717) is 19.1 Å². The number of hydrogen-bond donors (Lipinski definition) is 1. The Morgan fingerprint density at radius 1 is 1.12 bits per heavy atom. The highest BCUT2D eigenvalue weighted by molar-refractivity contribution is 5.47. The highest BCUT2D eigenvalue weighted by atomic mass is 16.6. The Labute approximate surface area is 153 Å². The Bertz CT molecular complexity index is 802. The molecule has 5 heteroatoms. The highest BCUT2D eigenvalue weighted by Crippen LogP contribution is 2.34. The van der Waals surface area contributed by atoms with Crippen LogP contribution in [0.25, 0.3) is 0 Å². The van der Waals surface area contributed by atoms with Gasteiger partial charge in [0.15, 0.2) is 11.5 Å². The normalized spacial score (nSPS) is 18.0. The van der Waals surface area contributed by atoms with Gasteiger partial charge in [0, 0.05) is 18.8 Å². The van der Waals surface area contributed by atoms with Gasteiger partial charge >= 0.3 is 0 Å². The molecule has 0 atom stereocenters. The zero-order valence-corrected chi connectivity index (χ0v) is 15.3.